The van der Waals surface area contributed by atoms with Crippen LogP contribution in [0.2, 0.25) is 0 Å². The average Bonchev–Trinajstić information content (AvgIpc) is 3.59. The van der Waals surface area contributed by atoms with Gasteiger partial charge in [0, 0.05) is 34.2 Å². The summed E-state index contributed by atoms with van der Waals surface area (Å²) < 4.78 is 11.8. The van der Waals surface area contributed by atoms with E-state index in [1.807, 2.05) is 71.9 Å². The van der Waals surface area contributed by atoms with Gasteiger partial charge in [-0.2, -0.15) is 0 Å². The lowest BCUT2D eigenvalue weighted by Gasteiger charge is -2.41. The second-order valence-electron chi connectivity index (χ2n) is 14.9. The lowest BCUT2D eigenvalue weighted by molar-refractivity contribution is -0.148. The molecule has 0 radical (unpaired) electrons. The number of hydrogen-bond acceptors (Lipinski definition) is 8. The van der Waals surface area contributed by atoms with Crippen molar-refractivity contribution >= 4 is 29.6 Å². The van der Waals surface area contributed by atoms with E-state index >= 15 is 0 Å². The Balaban J connectivity index is 2.26. The number of benzene rings is 1. The number of amides is 4. The van der Waals surface area contributed by atoms with Crippen molar-refractivity contribution in [3.8, 4) is 0 Å². The molecule has 0 saturated carbocycles. The first kappa shape index (κ1) is 44.6. The fourth-order valence-corrected chi connectivity index (χ4v) is 7.40. The molecule has 0 bridgehead atoms. The molecule has 0 spiro atoms. The molecule has 0 aliphatic carbocycles. The molecule has 13 heteroatoms. The third kappa shape index (κ3) is 11.7. The van der Waals surface area contributed by atoms with Crippen molar-refractivity contribution in [2.75, 3.05) is 34.9 Å². The van der Waals surface area contributed by atoms with Crippen molar-refractivity contribution in [2.45, 2.75) is 123 Å². The largest absolute Gasteiger partial charge is 0.480 e. The molecule has 1 aliphatic heterocycles. The molecular weight excluding hydrogens is 666 g/mol. The van der Waals surface area contributed by atoms with Gasteiger partial charge in [-0.05, 0) is 43.2 Å². The third-order valence-electron chi connectivity index (χ3n) is 10.6. The number of likely N-dealkylation sites (tertiary alicyclic amines) is 1. The van der Waals surface area contributed by atoms with Crippen LogP contribution in [0.25, 0.3) is 0 Å². The molecule has 2 unspecified atom stereocenters. The van der Waals surface area contributed by atoms with Crippen LogP contribution in [0.4, 0.5) is 0 Å². The number of rotatable bonds is 21. The van der Waals surface area contributed by atoms with Gasteiger partial charge in [-0.25, -0.2) is 4.79 Å². The second-order valence-corrected chi connectivity index (χ2v) is 14.9. The lowest BCUT2D eigenvalue weighted by Crippen LogP contribution is -2.59. The van der Waals surface area contributed by atoms with Crippen LogP contribution < -0.4 is 16.0 Å². The van der Waals surface area contributed by atoms with Crippen LogP contribution in [0.15, 0.2) is 30.3 Å². The highest BCUT2D eigenvalue weighted by molar-refractivity contribution is 5.90. The molecule has 9 atom stereocenters. The Morgan fingerprint density at radius 1 is 0.923 bits per heavy atom. The smallest absolute Gasteiger partial charge is 0.326 e. The summed E-state index contributed by atoms with van der Waals surface area (Å²) in [4.78, 5) is 70.3. The van der Waals surface area contributed by atoms with Gasteiger partial charge < -0.3 is 40.3 Å². The summed E-state index contributed by atoms with van der Waals surface area (Å²) in [6.07, 6.45) is 0.818. The molecule has 1 aliphatic rings. The van der Waals surface area contributed by atoms with Crippen molar-refractivity contribution in [2.24, 2.45) is 23.7 Å². The Morgan fingerprint density at radius 2 is 1.54 bits per heavy atom. The van der Waals surface area contributed by atoms with Gasteiger partial charge in [-0.1, -0.05) is 85.2 Å². The molecule has 1 fully saturated rings. The summed E-state index contributed by atoms with van der Waals surface area (Å²) >= 11 is 0. The van der Waals surface area contributed by atoms with E-state index in [-0.39, 0.29) is 48.3 Å². The highest BCUT2D eigenvalue weighted by atomic mass is 16.5. The lowest BCUT2D eigenvalue weighted by atomic mass is 9.89. The molecular formula is C39H65N5O8. The topological polar surface area (TPSA) is 167 Å². The fraction of sp³-hybridized carbons (Fsp3) is 0.718. The van der Waals surface area contributed by atoms with Crippen molar-refractivity contribution < 1.29 is 38.6 Å². The summed E-state index contributed by atoms with van der Waals surface area (Å²) in [5.74, 6) is -3.27. The first-order valence-corrected chi connectivity index (χ1v) is 18.7. The van der Waals surface area contributed by atoms with E-state index in [0.717, 1.165) is 12.0 Å². The van der Waals surface area contributed by atoms with E-state index in [9.17, 15) is 29.1 Å². The van der Waals surface area contributed by atoms with Gasteiger partial charge in [0.05, 0.1) is 42.7 Å². The SMILES string of the molecule is CC[C@H](C)C([C@@H](CC(=O)N1CCC[C@H]1[C@H](OC)[C@@H](C)C(=O)NC(Cc1ccccc1)C(=O)O)OC)N(C)C(=O)[C@@H](NC(=O)[C@@H](NC)C(C)C)C(C)C. The predicted molar refractivity (Wildman–Crippen MR) is 200 cm³/mol. The number of carbonyl (C=O) groups is 5. The minimum Gasteiger partial charge on any atom is -0.480 e. The molecule has 52 heavy (non-hydrogen) atoms. The molecule has 2 rings (SSSR count). The van der Waals surface area contributed by atoms with E-state index < -0.39 is 60.2 Å². The third-order valence-corrected chi connectivity index (χ3v) is 10.6. The highest BCUT2D eigenvalue weighted by Gasteiger charge is 2.43. The Labute approximate surface area is 310 Å². The van der Waals surface area contributed by atoms with Crippen LogP contribution in [0.3, 0.4) is 0 Å². The second kappa shape index (κ2) is 21.2. The van der Waals surface area contributed by atoms with Crippen molar-refractivity contribution in [1.29, 1.82) is 0 Å². The van der Waals surface area contributed by atoms with E-state index in [2.05, 4.69) is 16.0 Å². The number of ether oxygens (including phenoxy) is 2. The minimum atomic E-state index is -1.14. The van der Waals surface area contributed by atoms with Crippen LogP contribution in [0.5, 0.6) is 0 Å². The first-order chi connectivity index (χ1) is 24.5. The maximum atomic E-state index is 14.1. The zero-order chi connectivity index (χ0) is 39.3. The van der Waals surface area contributed by atoms with Gasteiger partial charge in [-0.15, -0.1) is 0 Å². The van der Waals surface area contributed by atoms with Crippen LogP contribution >= 0.6 is 0 Å². The standard InChI is InChI=1S/C39H65N5O8/c1-12-25(6)34(43(9)38(48)33(24(4)5)42-37(47)32(40-8)23(2)3)30(51-10)22-31(45)44-20-16-19-29(44)35(52-11)26(7)36(46)41-28(39(49)50)21-27-17-14-13-15-18-27/h13-15,17-18,23-26,28-30,32-35,40H,12,16,19-22H2,1-11H3,(H,41,46)(H,42,47)(H,49,50)/t25-,26+,28?,29-,30+,32-,33-,34?,35+/m0/s1. The Bertz CT molecular complexity index is 1310. The number of carboxylic acid groups (broad SMARTS) is 1. The van der Waals surface area contributed by atoms with E-state index in [4.69, 9.17) is 9.47 Å². The van der Waals surface area contributed by atoms with Gasteiger partial charge >= 0.3 is 5.97 Å². The number of carboxylic acids is 1. The molecule has 1 aromatic rings. The molecule has 4 amide bonds. The first-order valence-electron chi connectivity index (χ1n) is 18.7. The number of likely N-dealkylation sites (N-methyl/N-ethyl adjacent to an activating group) is 2. The molecule has 0 aromatic heterocycles. The average molecular weight is 732 g/mol. The monoisotopic (exact) mass is 731 g/mol. The summed E-state index contributed by atoms with van der Waals surface area (Å²) in [5, 5.41) is 18.5. The van der Waals surface area contributed by atoms with Gasteiger partial charge in [0.1, 0.15) is 12.1 Å². The Kier molecular flexibility index (Phi) is 18.2. The van der Waals surface area contributed by atoms with E-state index in [0.29, 0.717) is 19.4 Å². The van der Waals surface area contributed by atoms with Gasteiger partial charge in [-0.3, -0.25) is 19.2 Å². The van der Waals surface area contributed by atoms with Gasteiger partial charge in [0.25, 0.3) is 0 Å². The summed E-state index contributed by atoms with van der Waals surface area (Å²) in [6, 6.07) is 5.84. The normalized spacial score (nSPS) is 19.2. The predicted octanol–water partition coefficient (Wildman–Crippen LogP) is 3.10. The van der Waals surface area contributed by atoms with Crippen LogP contribution in [-0.2, 0) is 39.9 Å². The highest BCUT2D eigenvalue weighted by Crippen LogP contribution is 2.29. The number of carbonyl (C=O) groups excluding carboxylic acids is 4. The molecule has 1 heterocycles. The summed E-state index contributed by atoms with van der Waals surface area (Å²) in [6.45, 7) is 13.9. The van der Waals surface area contributed by atoms with Gasteiger partial charge in [0.15, 0.2) is 0 Å². The van der Waals surface area contributed by atoms with Crippen molar-refractivity contribution in [3.05, 3.63) is 35.9 Å². The maximum Gasteiger partial charge on any atom is 0.326 e. The minimum absolute atomic E-state index is 0.0112. The Morgan fingerprint density at radius 3 is 2.04 bits per heavy atom. The molecule has 4 N–H and O–H groups in total. The van der Waals surface area contributed by atoms with Gasteiger partial charge in [0.2, 0.25) is 23.6 Å². The van der Waals surface area contributed by atoms with Crippen molar-refractivity contribution in [3.63, 3.8) is 0 Å². The number of methoxy groups -OCH3 is 2. The fourth-order valence-electron chi connectivity index (χ4n) is 7.40. The molecule has 294 valence electrons. The van der Waals surface area contributed by atoms with Crippen LogP contribution in [0, 0.1) is 23.7 Å². The zero-order valence-corrected chi connectivity index (χ0v) is 33.2. The summed E-state index contributed by atoms with van der Waals surface area (Å²) in [7, 11) is 6.46. The quantitative estimate of drug-likeness (QED) is 0.149. The molecule has 1 aromatic carbocycles. The number of hydrogen-bond donors (Lipinski definition) is 4. The Hall–Kier alpha value is -3.55. The maximum absolute atomic E-state index is 14.1. The van der Waals surface area contributed by atoms with Crippen LogP contribution in [-0.4, -0.2) is 122 Å². The zero-order valence-electron chi connectivity index (χ0n) is 33.2. The number of aliphatic carboxylic acids is 1. The van der Waals surface area contributed by atoms with E-state index in [1.54, 1.807) is 30.8 Å². The molecule has 1 saturated heterocycles. The summed E-state index contributed by atoms with van der Waals surface area (Å²) in [5.41, 5.74) is 0.785. The molecule has 13 nitrogen and oxygen atoms in total. The van der Waals surface area contributed by atoms with E-state index in [1.165, 1.54) is 14.2 Å². The van der Waals surface area contributed by atoms with Crippen molar-refractivity contribution in [1.82, 2.24) is 25.8 Å². The number of nitrogens with zero attached hydrogens (tertiary/aromatic N) is 2. The number of nitrogens with one attached hydrogen (secondary N) is 3. The van der Waals surface area contributed by atoms with Crippen LogP contribution in [0.1, 0.15) is 79.7 Å².